The lowest BCUT2D eigenvalue weighted by molar-refractivity contribution is 0.467. The molecule has 2 aromatic rings. The molecule has 2 unspecified atom stereocenters. The van der Waals surface area contributed by atoms with E-state index in [4.69, 9.17) is 9.98 Å². The van der Waals surface area contributed by atoms with Crippen LogP contribution in [0.1, 0.15) is 55.4 Å². The van der Waals surface area contributed by atoms with Crippen molar-refractivity contribution >= 4 is 39.0 Å². The van der Waals surface area contributed by atoms with E-state index in [-0.39, 0.29) is 12.1 Å². The molecule has 0 aromatic heterocycles. The highest BCUT2D eigenvalue weighted by molar-refractivity contribution is 6.89. The normalized spacial score (nSPS) is 19.3. The van der Waals surface area contributed by atoms with Gasteiger partial charge >= 0.3 is 0 Å². The fraction of sp³-hybridized carbons (Fsp3) is 0.517. The van der Waals surface area contributed by atoms with Gasteiger partial charge in [-0.3, -0.25) is 9.98 Å². The maximum absolute atomic E-state index is 10.7. The molecule has 1 aliphatic rings. The number of benzene rings is 2. The standard InChI is InChI=1S/C29H44N2O2Si2/c1-9-20-13-26(34(3,4)5)15-22(28(20)32)18-30-24-11-12-25(17-24)31-19-23-16-27(35(6,7)8)14-21(10-2)29(23)33/h13-16,18-19,24-25,32-33H,9-12,17H2,1-8H3. The van der Waals surface area contributed by atoms with Gasteiger partial charge in [0.1, 0.15) is 11.5 Å². The van der Waals surface area contributed by atoms with Crippen LogP contribution in [0.5, 0.6) is 11.5 Å². The average molecular weight is 509 g/mol. The lowest BCUT2D eigenvalue weighted by Gasteiger charge is -2.19. The van der Waals surface area contributed by atoms with Crippen LogP contribution >= 0.6 is 0 Å². The van der Waals surface area contributed by atoms with Crippen LogP contribution in [0, 0.1) is 0 Å². The van der Waals surface area contributed by atoms with Crippen LogP contribution in [-0.2, 0) is 12.8 Å². The van der Waals surface area contributed by atoms with Crippen LogP contribution in [0.15, 0.2) is 34.3 Å². The molecular formula is C29H44N2O2Si2. The van der Waals surface area contributed by atoms with E-state index in [2.05, 4.69) is 77.4 Å². The van der Waals surface area contributed by atoms with Crippen molar-refractivity contribution in [1.29, 1.82) is 0 Å². The van der Waals surface area contributed by atoms with Gasteiger partial charge in [-0.2, -0.15) is 0 Å². The van der Waals surface area contributed by atoms with E-state index in [0.717, 1.165) is 54.4 Å². The smallest absolute Gasteiger partial charge is 0.127 e. The van der Waals surface area contributed by atoms with Gasteiger partial charge in [0.2, 0.25) is 0 Å². The number of rotatable bonds is 8. The monoisotopic (exact) mass is 508 g/mol. The summed E-state index contributed by atoms with van der Waals surface area (Å²) in [6.07, 6.45) is 8.28. The molecule has 2 aromatic carbocycles. The van der Waals surface area contributed by atoms with E-state index < -0.39 is 16.1 Å². The maximum atomic E-state index is 10.7. The first-order valence-corrected chi connectivity index (χ1v) is 20.1. The molecule has 0 spiro atoms. The van der Waals surface area contributed by atoms with Crippen molar-refractivity contribution in [3.8, 4) is 11.5 Å². The van der Waals surface area contributed by atoms with Crippen LogP contribution in [0.3, 0.4) is 0 Å². The number of aryl methyl sites for hydroxylation is 2. The Balaban J connectivity index is 1.76. The van der Waals surface area contributed by atoms with E-state index in [1.54, 1.807) is 0 Å². The van der Waals surface area contributed by atoms with Gasteiger partial charge in [0, 0.05) is 23.6 Å². The van der Waals surface area contributed by atoms with Gasteiger partial charge in [-0.25, -0.2) is 0 Å². The van der Waals surface area contributed by atoms with E-state index in [1.165, 1.54) is 10.4 Å². The third-order valence-corrected chi connectivity index (χ3v) is 11.2. The van der Waals surface area contributed by atoms with Crippen molar-refractivity contribution in [2.24, 2.45) is 9.98 Å². The topological polar surface area (TPSA) is 65.2 Å². The van der Waals surface area contributed by atoms with E-state index in [0.29, 0.717) is 11.5 Å². The first-order chi connectivity index (χ1) is 16.3. The summed E-state index contributed by atoms with van der Waals surface area (Å²) in [6, 6.07) is 9.05. The Kier molecular flexibility index (Phi) is 8.48. The minimum absolute atomic E-state index is 0.213. The second-order valence-electron chi connectivity index (χ2n) is 12.0. The predicted octanol–water partition coefficient (Wildman–Crippen LogP) is 5.77. The SMILES string of the molecule is CCc1cc([Si](C)(C)C)cc(C=NC2CCC(N=Cc3cc([Si](C)(C)C)cc(CC)c3O)C2)c1O. The van der Waals surface area contributed by atoms with Crippen LogP contribution in [0.2, 0.25) is 39.3 Å². The number of aliphatic imine (C=N–C) groups is 2. The maximum Gasteiger partial charge on any atom is 0.127 e. The number of nitrogens with zero attached hydrogens (tertiary/aromatic N) is 2. The van der Waals surface area contributed by atoms with Gasteiger partial charge in [0.15, 0.2) is 0 Å². The van der Waals surface area contributed by atoms with E-state index in [1.807, 2.05) is 12.4 Å². The van der Waals surface area contributed by atoms with Gasteiger partial charge in [0.25, 0.3) is 0 Å². The first-order valence-electron chi connectivity index (χ1n) is 13.1. The molecular weight excluding hydrogens is 465 g/mol. The fourth-order valence-corrected chi connectivity index (χ4v) is 7.01. The van der Waals surface area contributed by atoms with Crippen molar-refractivity contribution in [2.45, 2.75) is 97.3 Å². The van der Waals surface area contributed by atoms with Crippen molar-refractivity contribution in [3.63, 3.8) is 0 Å². The van der Waals surface area contributed by atoms with Crippen molar-refractivity contribution in [2.75, 3.05) is 0 Å². The molecule has 4 nitrogen and oxygen atoms in total. The number of hydrogen-bond donors (Lipinski definition) is 2. The fourth-order valence-electron chi connectivity index (χ4n) is 4.62. The van der Waals surface area contributed by atoms with Crippen LogP contribution in [0.4, 0.5) is 0 Å². The number of phenolic OH excluding ortho intramolecular Hbond substituents is 2. The minimum atomic E-state index is -1.49. The summed E-state index contributed by atoms with van der Waals surface area (Å²) in [7, 11) is -2.97. The molecule has 0 bridgehead atoms. The molecule has 6 heteroatoms. The summed E-state index contributed by atoms with van der Waals surface area (Å²) in [4.78, 5) is 9.72. The summed E-state index contributed by atoms with van der Waals surface area (Å²) < 4.78 is 0. The molecule has 2 atom stereocenters. The Morgan fingerprint density at radius 1 is 0.714 bits per heavy atom. The number of aromatic hydroxyl groups is 2. The van der Waals surface area contributed by atoms with Gasteiger partial charge in [0.05, 0.1) is 28.2 Å². The van der Waals surface area contributed by atoms with Gasteiger partial charge in [-0.05, 0) is 43.2 Å². The third kappa shape index (κ3) is 6.73. The molecule has 1 aliphatic carbocycles. The van der Waals surface area contributed by atoms with Gasteiger partial charge < -0.3 is 10.2 Å². The second-order valence-corrected chi connectivity index (χ2v) is 22.2. The quantitative estimate of drug-likeness (QED) is 0.351. The van der Waals surface area contributed by atoms with Crippen LogP contribution in [0.25, 0.3) is 0 Å². The molecule has 0 aliphatic heterocycles. The highest BCUT2D eigenvalue weighted by Crippen LogP contribution is 2.28. The average Bonchev–Trinajstić information content (AvgIpc) is 3.24. The van der Waals surface area contributed by atoms with Gasteiger partial charge in [-0.1, -0.05) is 87.8 Å². The highest BCUT2D eigenvalue weighted by atomic mass is 28.3. The lowest BCUT2D eigenvalue weighted by atomic mass is 10.1. The van der Waals surface area contributed by atoms with Crippen LogP contribution < -0.4 is 10.4 Å². The zero-order valence-electron chi connectivity index (χ0n) is 22.9. The Labute approximate surface area is 214 Å². The Morgan fingerprint density at radius 3 is 1.40 bits per heavy atom. The van der Waals surface area contributed by atoms with Crippen LogP contribution in [-0.4, -0.2) is 50.9 Å². The lowest BCUT2D eigenvalue weighted by Crippen LogP contribution is -2.38. The summed E-state index contributed by atoms with van der Waals surface area (Å²) >= 11 is 0. The molecule has 1 saturated carbocycles. The largest absolute Gasteiger partial charge is 0.507 e. The number of hydrogen-bond acceptors (Lipinski definition) is 4. The Hall–Kier alpha value is -2.19. The molecule has 0 amide bonds. The molecule has 190 valence electrons. The van der Waals surface area contributed by atoms with Gasteiger partial charge in [-0.15, -0.1) is 0 Å². The minimum Gasteiger partial charge on any atom is -0.507 e. The molecule has 0 heterocycles. The zero-order valence-corrected chi connectivity index (χ0v) is 24.9. The molecule has 35 heavy (non-hydrogen) atoms. The predicted molar refractivity (Wildman–Crippen MR) is 158 cm³/mol. The number of phenols is 2. The Bertz CT molecular complexity index is 1020. The van der Waals surface area contributed by atoms with E-state index in [9.17, 15) is 10.2 Å². The summed E-state index contributed by atoms with van der Waals surface area (Å²) in [6.45, 7) is 18.2. The molecule has 2 N–H and O–H groups in total. The molecule has 0 saturated heterocycles. The summed E-state index contributed by atoms with van der Waals surface area (Å²) in [5, 5.41) is 24.2. The molecule has 1 fully saturated rings. The van der Waals surface area contributed by atoms with Crippen molar-refractivity contribution in [1.82, 2.24) is 0 Å². The highest BCUT2D eigenvalue weighted by Gasteiger charge is 2.25. The molecule has 3 rings (SSSR count). The molecule has 0 radical (unpaired) electrons. The Morgan fingerprint density at radius 2 is 1.09 bits per heavy atom. The van der Waals surface area contributed by atoms with Crippen molar-refractivity contribution in [3.05, 3.63) is 46.5 Å². The summed E-state index contributed by atoms with van der Waals surface area (Å²) in [5.74, 6) is 0.741. The summed E-state index contributed by atoms with van der Waals surface area (Å²) in [5.41, 5.74) is 3.70. The van der Waals surface area contributed by atoms with Crippen molar-refractivity contribution < 1.29 is 10.2 Å². The first kappa shape index (κ1) is 27.4. The third-order valence-electron chi connectivity index (χ3n) is 7.16. The second kappa shape index (κ2) is 10.8. The van der Waals surface area contributed by atoms with E-state index >= 15 is 0 Å². The zero-order chi connectivity index (χ0) is 26.0.